The van der Waals surface area contributed by atoms with Gasteiger partial charge in [-0.15, -0.1) is 0 Å². The van der Waals surface area contributed by atoms with Gasteiger partial charge in [0.2, 0.25) is 11.8 Å². The molecule has 3 unspecified atom stereocenters. The van der Waals surface area contributed by atoms with Gasteiger partial charge in [-0.2, -0.15) is 0 Å². The average molecular weight is 613 g/mol. The largest absolute Gasteiger partial charge is 0.481 e. The first kappa shape index (κ1) is 33.7. The fourth-order valence-electron chi connectivity index (χ4n) is 3.39. The summed E-state index contributed by atoms with van der Waals surface area (Å²) in [6.45, 7) is 8.50. The number of ketones is 2. The van der Waals surface area contributed by atoms with Crippen molar-refractivity contribution in [2.75, 3.05) is 5.33 Å². The molecule has 1 rings (SSSR count). The van der Waals surface area contributed by atoms with E-state index in [0.29, 0.717) is 0 Å². The summed E-state index contributed by atoms with van der Waals surface area (Å²) in [5, 5.41) is 16.4. The summed E-state index contributed by atoms with van der Waals surface area (Å²) >= 11 is 2.97. The number of carbonyl (C=O) groups is 6. The molecule has 4 N–H and O–H groups in total. The Morgan fingerprint density at radius 2 is 1.54 bits per heavy atom. The summed E-state index contributed by atoms with van der Waals surface area (Å²) in [7, 11) is 0. The molecule has 0 radical (unpaired) electrons. The lowest BCUT2D eigenvalue weighted by Crippen LogP contribution is -2.57. The number of hydrogen-bond donors (Lipinski definition) is 4. The number of hydrogen-bond acceptors (Lipinski definition) is 7. The van der Waals surface area contributed by atoms with E-state index in [2.05, 4.69) is 31.9 Å². The van der Waals surface area contributed by atoms with Crippen molar-refractivity contribution in [3.8, 4) is 0 Å². The number of amides is 3. The summed E-state index contributed by atoms with van der Waals surface area (Å²) in [6.07, 6.45) is -1.56. The lowest BCUT2D eigenvalue weighted by Gasteiger charge is -2.27. The normalized spacial score (nSPS) is 13.5. The first-order chi connectivity index (χ1) is 18.1. The van der Waals surface area contributed by atoms with Crippen LogP contribution in [0.4, 0.5) is 4.79 Å². The highest BCUT2D eigenvalue weighted by atomic mass is 79.9. The number of nitrogens with one attached hydrogen (secondary N) is 3. The first-order valence-electron chi connectivity index (χ1n) is 12.6. The number of ether oxygens (including phenoxy) is 1. The molecule has 0 aliphatic rings. The summed E-state index contributed by atoms with van der Waals surface area (Å²) in [4.78, 5) is 74.5. The highest BCUT2D eigenvalue weighted by Gasteiger charge is 2.33. The maximum absolute atomic E-state index is 13.2. The van der Waals surface area contributed by atoms with E-state index >= 15 is 0 Å². The van der Waals surface area contributed by atoms with Crippen molar-refractivity contribution in [2.45, 2.75) is 78.6 Å². The zero-order valence-electron chi connectivity index (χ0n) is 22.9. The molecule has 0 aliphatic carbocycles. The molecule has 1 aromatic rings. The van der Waals surface area contributed by atoms with Crippen LogP contribution in [0.1, 0.15) is 59.4 Å². The third-order valence-corrected chi connectivity index (χ3v) is 6.33. The van der Waals surface area contributed by atoms with Crippen molar-refractivity contribution in [1.82, 2.24) is 16.0 Å². The maximum Gasteiger partial charge on any atom is 0.408 e. The molecule has 3 amide bonds. The van der Waals surface area contributed by atoms with Gasteiger partial charge in [0, 0.05) is 11.8 Å². The second-order valence-corrected chi connectivity index (χ2v) is 11.0. The van der Waals surface area contributed by atoms with Crippen LogP contribution < -0.4 is 16.0 Å². The number of carboxylic acids is 1. The molecular formula is C27H38BrN3O8. The van der Waals surface area contributed by atoms with Gasteiger partial charge in [-0.05, 0) is 17.9 Å². The minimum absolute atomic E-state index is 0.0144. The lowest BCUT2D eigenvalue weighted by atomic mass is 9.87. The smallest absolute Gasteiger partial charge is 0.408 e. The average Bonchev–Trinajstić information content (AvgIpc) is 2.86. The molecule has 3 atom stereocenters. The predicted molar refractivity (Wildman–Crippen MR) is 147 cm³/mol. The van der Waals surface area contributed by atoms with Gasteiger partial charge in [0.05, 0.1) is 17.8 Å². The van der Waals surface area contributed by atoms with Crippen LogP contribution in [0.5, 0.6) is 0 Å². The van der Waals surface area contributed by atoms with Crippen LogP contribution in [0.3, 0.4) is 0 Å². The van der Waals surface area contributed by atoms with Gasteiger partial charge in [0.15, 0.2) is 5.78 Å². The van der Waals surface area contributed by atoms with Crippen LogP contribution in [0.25, 0.3) is 0 Å². The molecule has 1 aromatic carbocycles. The molecule has 11 nitrogen and oxygen atoms in total. The zero-order chi connectivity index (χ0) is 29.8. The molecule has 0 bridgehead atoms. The Labute approximate surface area is 236 Å². The highest BCUT2D eigenvalue weighted by Crippen LogP contribution is 2.19. The third kappa shape index (κ3) is 12.4. The summed E-state index contributed by atoms with van der Waals surface area (Å²) in [5.74, 6) is -3.88. The van der Waals surface area contributed by atoms with Crippen LogP contribution in [-0.2, 0) is 35.3 Å². The molecule has 39 heavy (non-hydrogen) atoms. The predicted octanol–water partition coefficient (Wildman–Crippen LogP) is 2.74. The fourth-order valence-corrected chi connectivity index (χ4v) is 3.78. The van der Waals surface area contributed by atoms with E-state index in [4.69, 9.17) is 9.84 Å². The van der Waals surface area contributed by atoms with Gasteiger partial charge in [0.1, 0.15) is 24.5 Å². The van der Waals surface area contributed by atoms with Crippen LogP contribution in [0, 0.1) is 11.3 Å². The minimum Gasteiger partial charge on any atom is -0.481 e. The molecule has 0 fully saturated rings. The van der Waals surface area contributed by atoms with Crippen molar-refractivity contribution in [3.05, 3.63) is 35.9 Å². The maximum atomic E-state index is 13.2. The number of carboxylic acid groups (broad SMARTS) is 1. The first-order valence-corrected chi connectivity index (χ1v) is 13.7. The Morgan fingerprint density at radius 3 is 2.05 bits per heavy atom. The molecule has 0 saturated heterocycles. The fraction of sp³-hybridized carbons (Fsp3) is 0.556. The Hall–Kier alpha value is -3.28. The van der Waals surface area contributed by atoms with Crippen LogP contribution in [0.2, 0.25) is 0 Å². The number of carbonyl (C=O) groups excluding carboxylic acids is 5. The van der Waals surface area contributed by atoms with E-state index in [0.717, 1.165) is 5.56 Å². The molecule has 0 heterocycles. The second kappa shape index (κ2) is 16.0. The number of alkyl carbamates (subject to hydrolysis) is 1. The van der Waals surface area contributed by atoms with Gasteiger partial charge in [-0.3, -0.25) is 24.0 Å². The molecule has 216 valence electrons. The Balaban J connectivity index is 3.03. The number of halogens is 1. The second-order valence-electron chi connectivity index (χ2n) is 10.5. The van der Waals surface area contributed by atoms with Crippen molar-refractivity contribution >= 4 is 51.4 Å². The third-order valence-electron chi connectivity index (χ3n) is 5.78. The molecule has 0 aromatic heterocycles. The molecular weight excluding hydrogens is 574 g/mol. The van der Waals surface area contributed by atoms with Crippen LogP contribution >= 0.6 is 15.9 Å². The van der Waals surface area contributed by atoms with Crippen molar-refractivity contribution in [3.63, 3.8) is 0 Å². The van der Waals surface area contributed by atoms with Gasteiger partial charge < -0.3 is 25.8 Å². The van der Waals surface area contributed by atoms with Gasteiger partial charge in [-0.25, -0.2) is 4.79 Å². The highest BCUT2D eigenvalue weighted by molar-refractivity contribution is 9.09. The van der Waals surface area contributed by atoms with Gasteiger partial charge in [0.25, 0.3) is 0 Å². The number of Topliss-reactive ketones (excluding diaryl/α,β-unsaturated/α-hetero) is 2. The van der Waals surface area contributed by atoms with E-state index < -0.39 is 65.5 Å². The Morgan fingerprint density at radius 1 is 0.923 bits per heavy atom. The van der Waals surface area contributed by atoms with Crippen molar-refractivity contribution in [2.24, 2.45) is 11.3 Å². The van der Waals surface area contributed by atoms with E-state index in [1.54, 1.807) is 58.9 Å². The van der Waals surface area contributed by atoms with Gasteiger partial charge >= 0.3 is 12.1 Å². The topological polar surface area (TPSA) is 168 Å². The quantitative estimate of drug-likeness (QED) is 0.219. The number of benzene rings is 1. The van der Waals surface area contributed by atoms with Crippen LogP contribution in [0.15, 0.2) is 30.3 Å². The number of rotatable bonds is 15. The summed E-state index contributed by atoms with van der Waals surface area (Å²) in [5.41, 5.74) is 0.0816. The molecule has 0 spiro atoms. The number of alkyl halides is 1. The summed E-state index contributed by atoms with van der Waals surface area (Å²) in [6, 6.07) is 5.28. The zero-order valence-corrected chi connectivity index (χ0v) is 24.5. The SMILES string of the molecule is CC(C)C(NC(=O)C(CCC(=O)C(C)(C)C)NC(=O)OCc1ccccc1)C(=O)NC(CC(=O)O)C(=O)CBr. The standard InChI is InChI=1S/C27H38BrN3O8/c1-16(2)23(25(37)29-19(13-22(34)35)20(32)14-28)31-24(36)18(11-12-21(33)27(3,4)5)30-26(38)39-15-17-9-7-6-8-10-17/h6-10,16,18-19,23H,11-15H2,1-5H3,(H,29,37)(H,30,38)(H,31,36)(H,34,35). The van der Waals surface area contributed by atoms with Crippen molar-refractivity contribution in [1.29, 1.82) is 0 Å². The lowest BCUT2D eigenvalue weighted by molar-refractivity contribution is -0.140. The van der Waals surface area contributed by atoms with E-state index in [1.165, 1.54) is 0 Å². The van der Waals surface area contributed by atoms with Crippen LogP contribution in [-0.4, -0.2) is 64.0 Å². The van der Waals surface area contributed by atoms with Gasteiger partial charge in [-0.1, -0.05) is 80.9 Å². The molecule has 0 saturated carbocycles. The Kier molecular flexibility index (Phi) is 13.8. The van der Waals surface area contributed by atoms with E-state index in [1.807, 2.05) is 6.07 Å². The summed E-state index contributed by atoms with van der Waals surface area (Å²) < 4.78 is 5.22. The van der Waals surface area contributed by atoms with E-state index in [9.17, 15) is 28.8 Å². The van der Waals surface area contributed by atoms with E-state index in [-0.39, 0.29) is 30.6 Å². The number of aliphatic carboxylic acids is 1. The van der Waals surface area contributed by atoms with Crippen molar-refractivity contribution < 1.29 is 38.6 Å². The minimum atomic E-state index is -1.29. The molecule has 12 heteroatoms. The molecule has 0 aliphatic heterocycles. The monoisotopic (exact) mass is 611 g/mol. The Bertz CT molecular complexity index is 1020.